The van der Waals surface area contributed by atoms with Crippen LogP contribution in [0.5, 0.6) is 0 Å². The van der Waals surface area contributed by atoms with E-state index in [0.29, 0.717) is 39.3 Å². The second kappa shape index (κ2) is 15.2. The highest BCUT2D eigenvalue weighted by Gasteiger charge is 2.51. The van der Waals surface area contributed by atoms with Crippen LogP contribution < -0.4 is 10.2 Å². The molecule has 3 saturated heterocycles. The number of benzene rings is 2. The first-order chi connectivity index (χ1) is 23.8. The third kappa shape index (κ3) is 8.78. The van der Waals surface area contributed by atoms with Gasteiger partial charge < -0.3 is 34.2 Å². The summed E-state index contributed by atoms with van der Waals surface area (Å²) in [5.74, 6) is -1.64. The molecule has 4 aliphatic heterocycles. The van der Waals surface area contributed by atoms with Gasteiger partial charge in [0, 0.05) is 55.2 Å². The van der Waals surface area contributed by atoms with Crippen molar-refractivity contribution in [1.82, 2.24) is 15.1 Å². The van der Waals surface area contributed by atoms with Gasteiger partial charge in [0.05, 0.1) is 6.04 Å². The predicted octanol–water partition coefficient (Wildman–Crippen LogP) is 6.33. The third-order valence-electron chi connectivity index (χ3n) is 9.48. The third-order valence-corrected chi connectivity index (χ3v) is 11.0. The molecule has 1 N–H and O–H groups in total. The van der Waals surface area contributed by atoms with E-state index in [2.05, 4.69) is 33.8 Å². The number of anilines is 1. The van der Waals surface area contributed by atoms with Crippen molar-refractivity contribution in [2.45, 2.75) is 95.2 Å². The summed E-state index contributed by atoms with van der Waals surface area (Å²) in [5.41, 5.74) is 3.94. The van der Waals surface area contributed by atoms with Gasteiger partial charge in [0.15, 0.2) is 18.0 Å². The SMILES string of the molecule is CC(C)(C)OC(=O)N1CCN(c2cccc([C@H]3CCCN3C(=O)[C@@H]3OC(C)(C)O[C@H]3C(=O)NCC3CC(Cc4ccccc4Cl)=CS3)c2)CC1. The fourth-order valence-corrected chi connectivity index (χ4v) is 8.35. The molecule has 0 bridgehead atoms. The van der Waals surface area contributed by atoms with Crippen molar-refractivity contribution < 1.29 is 28.6 Å². The number of hydrogen-bond acceptors (Lipinski definition) is 8. The van der Waals surface area contributed by atoms with Gasteiger partial charge in [-0.25, -0.2) is 4.79 Å². The predicted molar refractivity (Wildman–Crippen MR) is 196 cm³/mol. The van der Waals surface area contributed by atoms with Crippen LogP contribution in [-0.2, 0) is 30.2 Å². The maximum absolute atomic E-state index is 14.2. The molecule has 6 rings (SSSR count). The molecule has 3 amide bonds. The number of ether oxygens (including phenoxy) is 3. The van der Waals surface area contributed by atoms with Crippen LogP contribution in [0.3, 0.4) is 0 Å². The lowest BCUT2D eigenvalue weighted by molar-refractivity contribution is -0.163. The molecule has 4 atom stereocenters. The zero-order valence-electron chi connectivity index (χ0n) is 29.7. The highest BCUT2D eigenvalue weighted by atomic mass is 35.5. The number of nitrogens with one attached hydrogen (secondary N) is 1. The number of piperazine rings is 1. The molecule has 3 fully saturated rings. The lowest BCUT2D eigenvalue weighted by Gasteiger charge is -2.37. The smallest absolute Gasteiger partial charge is 0.410 e. The Kier molecular flexibility index (Phi) is 11.1. The molecule has 1 unspecified atom stereocenters. The van der Waals surface area contributed by atoms with Crippen molar-refractivity contribution in [3.63, 3.8) is 0 Å². The number of carbonyl (C=O) groups is 3. The van der Waals surface area contributed by atoms with Crippen molar-refractivity contribution in [3.05, 3.63) is 75.7 Å². The van der Waals surface area contributed by atoms with Gasteiger partial charge in [-0.05, 0) is 95.0 Å². The van der Waals surface area contributed by atoms with Crippen molar-refractivity contribution >= 4 is 47.0 Å². The van der Waals surface area contributed by atoms with E-state index in [-0.39, 0.29) is 29.2 Å². The fourth-order valence-electron chi connectivity index (χ4n) is 7.09. The van der Waals surface area contributed by atoms with E-state index in [1.165, 1.54) is 5.57 Å². The molecule has 2 aromatic carbocycles. The van der Waals surface area contributed by atoms with Crippen LogP contribution in [0.15, 0.2) is 59.5 Å². The summed E-state index contributed by atoms with van der Waals surface area (Å²) in [6, 6.07) is 16.0. The minimum absolute atomic E-state index is 0.140. The number of thioether (sulfide) groups is 1. The van der Waals surface area contributed by atoms with E-state index < -0.39 is 23.6 Å². The Labute approximate surface area is 304 Å². The molecule has 4 aliphatic rings. The number of carbonyl (C=O) groups excluding carboxylic acids is 3. The topological polar surface area (TPSA) is 101 Å². The molecular formula is C38H49ClN4O6S. The van der Waals surface area contributed by atoms with E-state index >= 15 is 0 Å². The van der Waals surface area contributed by atoms with E-state index in [1.54, 1.807) is 30.5 Å². The second-order valence-electron chi connectivity index (χ2n) is 15.0. The molecule has 2 aromatic rings. The zero-order valence-corrected chi connectivity index (χ0v) is 31.2. The van der Waals surface area contributed by atoms with Gasteiger partial charge in [0.25, 0.3) is 11.8 Å². The van der Waals surface area contributed by atoms with Crippen LogP contribution in [0.25, 0.3) is 0 Å². The molecule has 50 heavy (non-hydrogen) atoms. The molecule has 0 radical (unpaired) electrons. The monoisotopic (exact) mass is 724 g/mol. The van der Waals surface area contributed by atoms with Gasteiger partial charge >= 0.3 is 6.09 Å². The summed E-state index contributed by atoms with van der Waals surface area (Å²) in [5, 5.41) is 6.16. The van der Waals surface area contributed by atoms with E-state index in [9.17, 15) is 14.4 Å². The maximum Gasteiger partial charge on any atom is 0.410 e. The summed E-state index contributed by atoms with van der Waals surface area (Å²) in [6.45, 7) is 12.7. The Morgan fingerprint density at radius 3 is 2.48 bits per heavy atom. The summed E-state index contributed by atoms with van der Waals surface area (Å²) in [4.78, 5) is 46.2. The average Bonchev–Trinajstić information content (AvgIpc) is 3.82. The normalized spacial score (nSPS) is 25.1. The first-order valence-corrected chi connectivity index (χ1v) is 18.9. The zero-order chi connectivity index (χ0) is 35.6. The average molecular weight is 725 g/mol. The van der Waals surface area contributed by atoms with Crippen LogP contribution in [0.1, 0.15) is 71.0 Å². The van der Waals surface area contributed by atoms with Gasteiger partial charge in [-0.3, -0.25) is 9.59 Å². The summed E-state index contributed by atoms with van der Waals surface area (Å²) in [7, 11) is 0. The Bertz CT molecular complexity index is 1600. The Morgan fingerprint density at radius 1 is 1.00 bits per heavy atom. The summed E-state index contributed by atoms with van der Waals surface area (Å²) < 4.78 is 17.8. The lowest BCUT2D eigenvalue weighted by atomic mass is 10.0. The second-order valence-corrected chi connectivity index (χ2v) is 16.5. The number of amides is 3. The van der Waals surface area contributed by atoms with Gasteiger partial charge in [0.1, 0.15) is 5.60 Å². The first kappa shape index (κ1) is 36.5. The summed E-state index contributed by atoms with van der Waals surface area (Å²) >= 11 is 8.08. The highest BCUT2D eigenvalue weighted by Crippen LogP contribution is 2.38. The fraction of sp³-hybridized carbons (Fsp3) is 0.553. The van der Waals surface area contributed by atoms with Crippen LogP contribution in [0.4, 0.5) is 10.5 Å². The highest BCUT2D eigenvalue weighted by molar-refractivity contribution is 8.03. The van der Waals surface area contributed by atoms with Crippen molar-refractivity contribution in [2.24, 2.45) is 0 Å². The molecule has 0 aromatic heterocycles. The molecule has 10 nitrogen and oxygen atoms in total. The van der Waals surface area contributed by atoms with Crippen molar-refractivity contribution in [3.8, 4) is 0 Å². The van der Waals surface area contributed by atoms with Crippen LogP contribution in [-0.4, -0.2) is 95.8 Å². The number of rotatable bonds is 8. The Balaban J connectivity index is 1.05. The van der Waals surface area contributed by atoms with Gasteiger partial charge in [0.2, 0.25) is 0 Å². The molecule has 0 aliphatic carbocycles. The number of likely N-dealkylation sites (tertiary alicyclic amines) is 1. The summed E-state index contributed by atoms with van der Waals surface area (Å²) in [6.07, 6.45) is 0.927. The minimum Gasteiger partial charge on any atom is -0.444 e. The molecule has 0 saturated carbocycles. The first-order valence-electron chi connectivity index (χ1n) is 17.6. The van der Waals surface area contributed by atoms with Crippen LogP contribution >= 0.6 is 23.4 Å². The molecule has 12 heteroatoms. The number of nitrogens with zero attached hydrogens (tertiary/aromatic N) is 3. The molecular weight excluding hydrogens is 676 g/mol. The van der Waals surface area contributed by atoms with E-state index in [0.717, 1.165) is 47.5 Å². The van der Waals surface area contributed by atoms with Crippen LogP contribution in [0, 0.1) is 0 Å². The Morgan fingerprint density at radius 2 is 1.74 bits per heavy atom. The lowest BCUT2D eigenvalue weighted by Crippen LogP contribution is -2.50. The van der Waals surface area contributed by atoms with Crippen LogP contribution in [0.2, 0.25) is 5.02 Å². The maximum atomic E-state index is 14.2. The van der Waals surface area contributed by atoms with Gasteiger partial charge in [-0.2, -0.15) is 0 Å². The standard InChI is InChI=1S/C38H49ClN4O6S/c1-37(2,3)49-36(46)42-18-16-41(17-19-42)28-12-8-11-27(22-28)31-14-9-15-43(31)35(45)33-32(47-38(4,5)48-33)34(44)40-23-29-21-25(24-50-29)20-26-10-6-7-13-30(26)39/h6-8,10-13,22,24,29,31-33H,9,14-21,23H2,1-5H3,(H,40,44)/t29?,31-,32-,33-/m1/s1. The van der Waals surface area contributed by atoms with E-state index in [1.807, 2.05) is 56.0 Å². The van der Waals surface area contributed by atoms with Gasteiger partial charge in [-0.1, -0.05) is 47.5 Å². The Hall–Kier alpha value is -3.25. The van der Waals surface area contributed by atoms with Crippen molar-refractivity contribution in [1.29, 1.82) is 0 Å². The number of allylic oxidation sites excluding steroid dienone is 1. The van der Waals surface area contributed by atoms with Crippen molar-refractivity contribution in [2.75, 3.05) is 44.2 Å². The quantitative estimate of drug-likeness (QED) is 0.338. The number of hydrogen-bond donors (Lipinski definition) is 1. The largest absolute Gasteiger partial charge is 0.444 e. The molecule has 270 valence electrons. The molecule has 0 spiro atoms. The number of halogens is 1. The van der Waals surface area contributed by atoms with Gasteiger partial charge in [-0.15, -0.1) is 11.8 Å². The van der Waals surface area contributed by atoms with E-state index in [4.69, 9.17) is 25.8 Å². The molecule has 4 heterocycles. The minimum atomic E-state index is -1.08.